The molecule has 0 aromatic rings. The monoisotopic (exact) mass is 217 g/mol. The molecule has 2 amide bonds. The zero-order chi connectivity index (χ0) is 11.7. The highest BCUT2D eigenvalue weighted by atomic mass is 16.5. The standard InChI is InChI=1S/C10H23N3O2/c1-4-13(5-2)10(14)12-9(6-7-11)8-15-3/h9H,4-8,11H2,1-3H3,(H,12,14). The summed E-state index contributed by atoms with van der Waals surface area (Å²) in [5.74, 6) is 0. The molecule has 0 aromatic heterocycles. The summed E-state index contributed by atoms with van der Waals surface area (Å²) in [6.07, 6.45) is 0.737. The van der Waals surface area contributed by atoms with E-state index in [2.05, 4.69) is 5.32 Å². The summed E-state index contributed by atoms with van der Waals surface area (Å²) < 4.78 is 5.02. The van der Waals surface area contributed by atoms with Crippen LogP contribution in [0.1, 0.15) is 20.3 Å². The number of carbonyl (C=O) groups excluding carboxylic acids is 1. The van der Waals surface area contributed by atoms with Crippen molar-refractivity contribution in [2.24, 2.45) is 5.73 Å². The number of hydrogen-bond acceptors (Lipinski definition) is 3. The zero-order valence-electron chi connectivity index (χ0n) is 9.95. The van der Waals surface area contributed by atoms with Gasteiger partial charge in [-0.25, -0.2) is 4.79 Å². The van der Waals surface area contributed by atoms with Crippen LogP contribution in [-0.4, -0.2) is 50.3 Å². The molecule has 3 N–H and O–H groups in total. The summed E-state index contributed by atoms with van der Waals surface area (Å²) in [6.45, 7) is 6.39. The van der Waals surface area contributed by atoms with Crippen LogP contribution in [0.5, 0.6) is 0 Å². The number of amides is 2. The van der Waals surface area contributed by atoms with Crippen LogP contribution in [0.25, 0.3) is 0 Å². The van der Waals surface area contributed by atoms with Gasteiger partial charge in [0.05, 0.1) is 12.6 Å². The normalized spacial score (nSPS) is 12.3. The van der Waals surface area contributed by atoms with Crippen molar-refractivity contribution in [2.75, 3.05) is 33.4 Å². The van der Waals surface area contributed by atoms with E-state index in [1.807, 2.05) is 13.8 Å². The molecule has 5 nitrogen and oxygen atoms in total. The minimum atomic E-state index is -0.0458. The van der Waals surface area contributed by atoms with E-state index in [0.717, 1.165) is 6.42 Å². The summed E-state index contributed by atoms with van der Waals surface area (Å²) in [4.78, 5) is 13.4. The molecule has 0 aromatic carbocycles. The Kier molecular flexibility index (Phi) is 8.04. The molecule has 0 radical (unpaired) electrons. The summed E-state index contributed by atoms with van der Waals surface area (Å²) in [7, 11) is 1.62. The Bertz CT molecular complexity index is 166. The fourth-order valence-electron chi connectivity index (χ4n) is 1.38. The number of ether oxygens (including phenoxy) is 1. The molecular formula is C10H23N3O2. The van der Waals surface area contributed by atoms with Gasteiger partial charge in [-0.3, -0.25) is 0 Å². The fraction of sp³-hybridized carbons (Fsp3) is 0.900. The van der Waals surface area contributed by atoms with Gasteiger partial charge in [-0.1, -0.05) is 0 Å². The van der Waals surface area contributed by atoms with Crippen molar-refractivity contribution in [1.29, 1.82) is 0 Å². The second kappa shape index (κ2) is 8.49. The topological polar surface area (TPSA) is 67.6 Å². The van der Waals surface area contributed by atoms with Gasteiger partial charge in [-0.15, -0.1) is 0 Å². The van der Waals surface area contributed by atoms with Gasteiger partial charge >= 0.3 is 6.03 Å². The summed E-state index contributed by atoms with van der Waals surface area (Å²) in [6, 6.07) is -0.0383. The Labute approximate surface area is 91.9 Å². The lowest BCUT2D eigenvalue weighted by Crippen LogP contribution is -2.47. The van der Waals surface area contributed by atoms with E-state index >= 15 is 0 Å². The number of carbonyl (C=O) groups is 1. The maximum atomic E-state index is 11.7. The lowest BCUT2D eigenvalue weighted by atomic mass is 10.2. The van der Waals surface area contributed by atoms with Gasteiger partial charge in [0.2, 0.25) is 0 Å². The van der Waals surface area contributed by atoms with Crippen LogP contribution in [-0.2, 0) is 4.74 Å². The summed E-state index contributed by atoms with van der Waals surface area (Å²) in [5.41, 5.74) is 5.46. The van der Waals surface area contributed by atoms with E-state index in [0.29, 0.717) is 26.2 Å². The van der Waals surface area contributed by atoms with Crippen molar-refractivity contribution >= 4 is 6.03 Å². The Balaban J connectivity index is 4.07. The summed E-state index contributed by atoms with van der Waals surface area (Å²) in [5, 5.41) is 2.90. The van der Waals surface area contributed by atoms with Gasteiger partial charge in [0.25, 0.3) is 0 Å². The molecule has 0 rings (SSSR count). The van der Waals surface area contributed by atoms with E-state index in [1.54, 1.807) is 12.0 Å². The van der Waals surface area contributed by atoms with Crippen LogP contribution in [0.3, 0.4) is 0 Å². The Morgan fingerprint density at radius 3 is 2.47 bits per heavy atom. The van der Waals surface area contributed by atoms with E-state index in [-0.39, 0.29) is 12.1 Å². The first-order chi connectivity index (χ1) is 7.19. The highest BCUT2D eigenvalue weighted by Gasteiger charge is 2.14. The van der Waals surface area contributed by atoms with Crippen molar-refractivity contribution < 1.29 is 9.53 Å². The third-order valence-electron chi connectivity index (χ3n) is 2.26. The Morgan fingerprint density at radius 1 is 1.47 bits per heavy atom. The van der Waals surface area contributed by atoms with Crippen LogP contribution in [0.2, 0.25) is 0 Å². The number of rotatable bonds is 7. The number of methoxy groups -OCH3 is 1. The van der Waals surface area contributed by atoms with Crippen molar-refractivity contribution in [3.8, 4) is 0 Å². The number of hydrogen-bond donors (Lipinski definition) is 2. The minimum Gasteiger partial charge on any atom is -0.383 e. The van der Waals surface area contributed by atoms with Gasteiger partial charge in [0, 0.05) is 20.2 Å². The average molecular weight is 217 g/mol. The second-order valence-electron chi connectivity index (χ2n) is 3.35. The third-order valence-corrected chi connectivity index (χ3v) is 2.26. The van der Waals surface area contributed by atoms with E-state index < -0.39 is 0 Å². The largest absolute Gasteiger partial charge is 0.383 e. The summed E-state index contributed by atoms with van der Waals surface area (Å²) >= 11 is 0. The zero-order valence-corrected chi connectivity index (χ0v) is 9.95. The fourth-order valence-corrected chi connectivity index (χ4v) is 1.38. The van der Waals surface area contributed by atoms with Gasteiger partial charge in [-0.05, 0) is 26.8 Å². The van der Waals surface area contributed by atoms with Gasteiger partial charge in [0.1, 0.15) is 0 Å². The molecule has 15 heavy (non-hydrogen) atoms. The maximum absolute atomic E-state index is 11.7. The van der Waals surface area contributed by atoms with E-state index in [4.69, 9.17) is 10.5 Å². The Hall–Kier alpha value is -0.810. The number of urea groups is 1. The van der Waals surface area contributed by atoms with E-state index in [1.165, 1.54) is 0 Å². The van der Waals surface area contributed by atoms with E-state index in [9.17, 15) is 4.79 Å². The molecule has 90 valence electrons. The predicted octanol–water partition coefficient (Wildman–Crippen LogP) is 0.402. The Morgan fingerprint density at radius 2 is 2.07 bits per heavy atom. The molecule has 0 heterocycles. The van der Waals surface area contributed by atoms with Crippen molar-refractivity contribution in [3.05, 3.63) is 0 Å². The highest BCUT2D eigenvalue weighted by molar-refractivity contribution is 5.74. The molecule has 5 heteroatoms. The molecule has 0 bridgehead atoms. The molecule has 0 aliphatic heterocycles. The molecule has 0 saturated carbocycles. The molecule has 1 unspecified atom stereocenters. The first-order valence-corrected chi connectivity index (χ1v) is 5.43. The highest BCUT2D eigenvalue weighted by Crippen LogP contribution is 1.95. The quantitative estimate of drug-likeness (QED) is 0.648. The van der Waals surface area contributed by atoms with Crippen LogP contribution < -0.4 is 11.1 Å². The van der Waals surface area contributed by atoms with Gasteiger partial charge in [0.15, 0.2) is 0 Å². The smallest absolute Gasteiger partial charge is 0.317 e. The predicted molar refractivity (Wildman–Crippen MR) is 60.8 cm³/mol. The molecule has 0 spiro atoms. The molecule has 0 fully saturated rings. The molecular weight excluding hydrogens is 194 g/mol. The first kappa shape index (κ1) is 14.2. The van der Waals surface area contributed by atoms with Crippen LogP contribution >= 0.6 is 0 Å². The van der Waals surface area contributed by atoms with Crippen molar-refractivity contribution in [3.63, 3.8) is 0 Å². The van der Waals surface area contributed by atoms with Crippen LogP contribution in [0.4, 0.5) is 4.79 Å². The average Bonchev–Trinajstić information content (AvgIpc) is 2.20. The number of nitrogens with zero attached hydrogens (tertiary/aromatic N) is 1. The lowest BCUT2D eigenvalue weighted by molar-refractivity contribution is 0.153. The van der Waals surface area contributed by atoms with Gasteiger partial charge in [-0.2, -0.15) is 0 Å². The first-order valence-electron chi connectivity index (χ1n) is 5.43. The molecule has 0 aliphatic rings. The molecule has 0 saturated heterocycles. The second-order valence-corrected chi connectivity index (χ2v) is 3.35. The van der Waals surface area contributed by atoms with Crippen LogP contribution in [0, 0.1) is 0 Å². The molecule has 0 aliphatic carbocycles. The lowest BCUT2D eigenvalue weighted by Gasteiger charge is -2.23. The van der Waals surface area contributed by atoms with Crippen molar-refractivity contribution in [1.82, 2.24) is 10.2 Å². The van der Waals surface area contributed by atoms with Crippen molar-refractivity contribution in [2.45, 2.75) is 26.3 Å². The maximum Gasteiger partial charge on any atom is 0.317 e. The minimum absolute atomic E-state index is 0.00750. The number of nitrogens with two attached hydrogens (primary N) is 1. The molecule has 1 atom stereocenters. The SMILES string of the molecule is CCN(CC)C(=O)NC(CCN)COC. The number of nitrogens with one attached hydrogen (secondary N) is 1. The van der Waals surface area contributed by atoms with Gasteiger partial charge < -0.3 is 20.7 Å². The third kappa shape index (κ3) is 5.59. The van der Waals surface area contributed by atoms with Crippen LogP contribution in [0.15, 0.2) is 0 Å².